The van der Waals surface area contributed by atoms with Crippen molar-refractivity contribution in [1.82, 2.24) is 0 Å². The molecule has 6 nitrogen and oxygen atoms in total. The minimum atomic E-state index is -1.54. The zero-order chi connectivity index (χ0) is 15.3. The van der Waals surface area contributed by atoms with Crippen LogP contribution >= 0.6 is 0 Å². The molecule has 0 aliphatic heterocycles. The molecule has 0 unspecified atom stereocenters. The third-order valence-corrected chi connectivity index (χ3v) is 2.68. The van der Waals surface area contributed by atoms with Gasteiger partial charge in [0.15, 0.2) is 0 Å². The van der Waals surface area contributed by atoms with Crippen molar-refractivity contribution in [3.63, 3.8) is 0 Å². The summed E-state index contributed by atoms with van der Waals surface area (Å²) in [6, 6.07) is 1.64. The van der Waals surface area contributed by atoms with E-state index in [0.29, 0.717) is 19.5 Å². The lowest BCUT2D eigenvalue weighted by Gasteiger charge is -2.22. The number of nitro benzene ring substituents is 1. The van der Waals surface area contributed by atoms with E-state index in [-0.39, 0.29) is 5.69 Å². The van der Waals surface area contributed by atoms with Gasteiger partial charge in [-0.15, -0.1) is 6.58 Å². The van der Waals surface area contributed by atoms with Gasteiger partial charge in [0.05, 0.1) is 4.92 Å². The maximum Gasteiger partial charge on any atom is 0.338 e. The van der Waals surface area contributed by atoms with Crippen LogP contribution < -0.4 is 4.90 Å². The third kappa shape index (κ3) is 3.31. The molecule has 1 N–H and O–H groups in total. The van der Waals surface area contributed by atoms with Gasteiger partial charge >= 0.3 is 5.97 Å². The first-order chi connectivity index (χ1) is 9.42. The molecule has 0 spiro atoms. The Morgan fingerprint density at radius 3 is 2.70 bits per heavy atom. The molecule has 0 aromatic heterocycles. The van der Waals surface area contributed by atoms with E-state index in [4.69, 9.17) is 5.11 Å². The topological polar surface area (TPSA) is 83.7 Å². The first-order valence-electron chi connectivity index (χ1n) is 5.99. The molecule has 0 fully saturated rings. The van der Waals surface area contributed by atoms with Crippen LogP contribution in [0.3, 0.4) is 0 Å². The van der Waals surface area contributed by atoms with E-state index in [1.165, 1.54) is 0 Å². The molecule has 0 atom stereocenters. The molecule has 0 aliphatic rings. The molecule has 1 aromatic carbocycles. The van der Waals surface area contributed by atoms with Gasteiger partial charge in [-0.25, -0.2) is 9.18 Å². The Bertz CT molecular complexity index is 545. The number of benzene rings is 1. The average Bonchev–Trinajstić information content (AvgIpc) is 2.37. The smallest absolute Gasteiger partial charge is 0.338 e. The van der Waals surface area contributed by atoms with Crippen LogP contribution in [0.5, 0.6) is 0 Å². The predicted molar refractivity (Wildman–Crippen MR) is 72.7 cm³/mol. The summed E-state index contributed by atoms with van der Waals surface area (Å²) >= 11 is 0. The summed E-state index contributed by atoms with van der Waals surface area (Å²) in [5, 5.41) is 19.9. The number of hydrogen-bond acceptors (Lipinski definition) is 4. The van der Waals surface area contributed by atoms with Crippen molar-refractivity contribution in [3.8, 4) is 0 Å². The molecule has 20 heavy (non-hydrogen) atoms. The molecule has 1 aromatic rings. The quantitative estimate of drug-likeness (QED) is 0.472. The Kier molecular flexibility index (Phi) is 5.19. The standard InChI is InChI=1S/C13H15FN2O4/c1-3-5-15(6-4-2)11-8-10(14)9(13(17)18)7-12(11)16(19)20/h3,7-8H,1,4-6H2,2H3,(H,17,18). The van der Waals surface area contributed by atoms with E-state index < -0.39 is 28.0 Å². The monoisotopic (exact) mass is 282 g/mol. The van der Waals surface area contributed by atoms with Crippen LogP contribution in [0.1, 0.15) is 23.7 Å². The van der Waals surface area contributed by atoms with Crippen LogP contribution in [0.25, 0.3) is 0 Å². The fraction of sp³-hybridized carbons (Fsp3) is 0.308. The Labute approximate surface area is 115 Å². The summed E-state index contributed by atoms with van der Waals surface area (Å²) in [6.45, 7) is 6.21. The van der Waals surface area contributed by atoms with Crippen molar-refractivity contribution in [2.75, 3.05) is 18.0 Å². The molecule has 0 radical (unpaired) electrons. The fourth-order valence-corrected chi connectivity index (χ4v) is 1.85. The Balaban J connectivity index is 3.43. The minimum absolute atomic E-state index is 0.0549. The summed E-state index contributed by atoms with van der Waals surface area (Å²) < 4.78 is 13.7. The molecule has 0 aliphatic carbocycles. The van der Waals surface area contributed by atoms with E-state index in [0.717, 1.165) is 12.1 Å². The van der Waals surface area contributed by atoms with Gasteiger partial charge in [-0.05, 0) is 6.42 Å². The number of hydrogen-bond donors (Lipinski definition) is 1. The van der Waals surface area contributed by atoms with E-state index in [1.54, 1.807) is 11.0 Å². The van der Waals surface area contributed by atoms with Gasteiger partial charge in [0.1, 0.15) is 17.1 Å². The zero-order valence-electron chi connectivity index (χ0n) is 11.0. The van der Waals surface area contributed by atoms with Gasteiger partial charge in [-0.2, -0.15) is 0 Å². The zero-order valence-corrected chi connectivity index (χ0v) is 11.0. The van der Waals surface area contributed by atoms with Gasteiger partial charge in [-0.1, -0.05) is 13.0 Å². The number of halogens is 1. The number of carbonyl (C=O) groups is 1. The van der Waals surface area contributed by atoms with Crippen molar-refractivity contribution in [1.29, 1.82) is 0 Å². The first kappa shape index (κ1) is 15.6. The maximum absolute atomic E-state index is 13.7. The Morgan fingerprint density at radius 2 is 2.25 bits per heavy atom. The Morgan fingerprint density at radius 1 is 1.60 bits per heavy atom. The molecular weight excluding hydrogens is 267 g/mol. The lowest BCUT2D eigenvalue weighted by atomic mass is 10.1. The normalized spacial score (nSPS) is 10.1. The lowest BCUT2D eigenvalue weighted by Crippen LogP contribution is -2.25. The van der Waals surface area contributed by atoms with E-state index in [9.17, 15) is 19.3 Å². The number of aromatic carboxylic acids is 1. The average molecular weight is 282 g/mol. The Hall–Kier alpha value is -2.44. The van der Waals surface area contributed by atoms with Crippen molar-refractivity contribution in [2.45, 2.75) is 13.3 Å². The first-order valence-corrected chi connectivity index (χ1v) is 5.99. The molecule has 0 saturated carbocycles. The van der Waals surface area contributed by atoms with Crippen LogP contribution in [0, 0.1) is 15.9 Å². The summed E-state index contributed by atoms with van der Waals surface area (Å²) in [5.74, 6) is -2.54. The molecule has 1 rings (SSSR count). The largest absolute Gasteiger partial charge is 0.478 e. The van der Waals surface area contributed by atoms with Crippen LogP contribution in [0.2, 0.25) is 0 Å². The van der Waals surface area contributed by atoms with Crippen molar-refractivity contribution in [3.05, 3.63) is 46.3 Å². The number of carboxylic acid groups (broad SMARTS) is 1. The molecular formula is C13H15FN2O4. The summed E-state index contributed by atoms with van der Waals surface area (Å²) in [6.07, 6.45) is 2.25. The van der Waals surface area contributed by atoms with Gasteiger partial charge in [0.2, 0.25) is 0 Å². The number of nitrogens with zero attached hydrogens (tertiary/aromatic N) is 2. The third-order valence-electron chi connectivity index (χ3n) is 2.68. The second-order valence-corrected chi connectivity index (χ2v) is 4.12. The van der Waals surface area contributed by atoms with Crippen molar-refractivity contribution >= 4 is 17.3 Å². The number of carboxylic acids is 1. The number of rotatable bonds is 7. The number of anilines is 1. The molecule has 108 valence electrons. The van der Waals surface area contributed by atoms with Crippen molar-refractivity contribution in [2.24, 2.45) is 0 Å². The highest BCUT2D eigenvalue weighted by atomic mass is 19.1. The predicted octanol–water partition coefficient (Wildman–Crippen LogP) is 2.83. The van der Waals surface area contributed by atoms with Gasteiger partial charge in [-0.3, -0.25) is 10.1 Å². The summed E-state index contributed by atoms with van der Waals surface area (Å²) in [7, 11) is 0. The highest BCUT2D eigenvalue weighted by Crippen LogP contribution is 2.31. The van der Waals surface area contributed by atoms with E-state index in [1.807, 2.05) is 6.92 Å². The van der Waals surface area contributed by atoms with Crippen molar-refractivity contribution < 1.29 is 19.2 Å². The molecule has 0 bridgehead atoms. The maximum atomic E-state index is 13.7. The number of nitro groups is 1. The minimum Gasteiger partial charge on any atom is -0.478 e. The molecule has 7 heteroatoms. The highest BCUT2D eigenvalue weighted by molar-refractivity contribution is 5.90. The molecule has 0 saturated heterocycles. The second kappa shape index (κ2) is 6.65. The fourth-order valence-electron chi connectivity index (χ4n) is 1.85. The van der Waals surface area contributed by atoms with Gasteiger partial charge in [0, 0.05) is 25.2 Å². The van der Waals surface area contributed by atoms with Gasteiger partial charge in [0.25, 0.3) is 5.69 Å². The lowest BCUT2D eigenvalue weighted by molar-refractivity contribution is -0.384. The highest BCUT2D eigenvalue weighted by Gasteiger charge is 2.24. The van der Waals surface area contributed by atoms with E-state index >= 15 is 0 Å². The second-order valence-electron chi connectivity index (χ2n) is 4.12. The SMILES string of the molecule is C=CCN(CCC)c1cc(F)c(C(=O)O)cc1[N+](=O)[O-]. The molecule has 0 heterocycles. The summed E-state index contributed by atoms with van der Waals surface area (Å²) in [4.78, 5) is 22.8. The van der Waals surface area contributed by atoms with E-state index in [2.05, 4.69) is 6.58 Å². The van der Waals surface area contributed by atoms with Crippen LogP contribution in [0.15, 0.2) is 24.8 Å². The van der Waals surface area contributed by atoms with Crippen LogP contribution in [0.4, 0.5) is 15.8 Å². The van der Waals surface area contributed by atoms with Crippen LogP contribution in [-0.4, -0.2) is 29.1 Å². The van der Waals surface area contributed by atoms with Gasteiger partial charge < -0.3 is 10.0 Å². The van der Waals surface area contributed by atoms with Crippen LogP contribution in [-0.2, 0) is 0 Å². The summed E-state index contributed by atoms with van der Waals surface area (Å²) in [5.41, 5.74) is -1.09. The molecule has 0 amide bonds.